The van der Waals surface area contributed by atoms with Gasteiger partial charge in [0.25, 0.3) is 0 Å². The molecule has 1 unspecified atom stereocenters. The second kappa shape index (κ2) is 6.79. The predicted molar refractivity (Wildman–Crippen MR) is 87.6 cm³/mol. The molecular formula is C17H22ClNO4. The number of rotatable bonds is 3. The van der Waals surface area contributed by atoms with Crippen LogP contribution in [0, 0.1) is 5.92 Å². The van der Waals surface area contributed by atoms with Crippen LogP contribution in [-0.2, 0) is 16.0 Å². The average molecular weight is 340 g/mol. The Balaban J connectivity index is 2.08. The molecule has 0 aliphatic carbocycles. The second-order valence-corrected chi connectivity index (χ2v) is 7.36. The fourth-order valence-electron chi connectivity index (χ4n) is 2.82. The fraction of sp³-hybridized carbons (Fsp3) is 0.529. The third kappa shape index (κ3) is 4.86. The number of carbonyl (C=O) groups is 2. The second-order valence-electron chi connectivity index (χ2n) is 6.92. The maximum atomic E-state index is 12.2. The van der Waals surface area contributed by atoms with Crippen molar-refractivity contribution in [2.75, 3.05) is 6.54 Å². The predicted octanol–water partition coefficient (Wildman–Crippen LogP) is 3.59. The first-order valence-electron chi connectivity index (χ1n) is 7.62. The minimum Gasteiger partial charge on any atom is -0.480 e. The first kappa shape index (κ1) is 17.6. The standard InChI is InChI=1S/C17H22ClNO4/c1-17(2,3)23-16(22)19-10-12(9-14(19)15(20)21)7-11-5-4-6-13(18)8-11/h4-6,8,12,14H,7,9-10H2,1-3H3,(H,20,21)/t12?,14-/m1/s1. The molecule has 0 bridgehead atoms. The molecule has 5 nitrogen and oxygen atoms in total. The number of carbonyl (C=O) groups excluding carboxylic acids is 1. The van der Waals surface area contributed by atoms with Crippen molar-refractivity contribution in [1.82, 2.24) is 4.90 Å². The van der Waals surface area contributed by atoms with Gasteiger partial charge in [-0.2, -0.15) is 0 Å². The highest BCUT2D eigenvalue weighted by Crippen LogP contribution is 2.29. The normalized spacial score (nSPS) is 21.3. The average Bonchev–Trinajstić information content (AvgIpc) is 2.81. The molecule has 1 heterocycles. The van der Waals surface area contributed by atoms with E-state index in [0.717, 1.165) is 5.56 Å². The van der Waals surface area contributed by atoms with Crippen molar-refractivity contribution in [2.24, 2.45) is 5.92 Å². The molecule has 0 saturated carbocycles. The van der Waals surface area contributed by atoms with Crippen molar-refractivity contribution >= 4 is 23.7 Å². The number of ether oxygens (including phenoxy) is 1. The van der Waals surface area contributed by atoms with E-state index < -0.39 is 23.7 Å². The third-order valence-corrected chi connectivity index (χ3v) is 3.95. The minimum absolute atomic E-state index is 0.0714. The van der Waals surface area contributed by atoms with Crippen molar-refractivity contribution < 1.29 is 19.4 Å². The molecule has 0 radical (unpaired) electrons. The van der Waals surface area contributed by atoms with Crippen LogP contribution < -0.4 is 0 Å². The Labute approximate surface area is 141 Å². The Kier molecular flexibility index (Phi) is 5.19. The highest BCUT2D eigenvalue weighted by atomic mass is 35.5. The first-order valence-corrected chi connectivity index (χ1v) is 8.00. The van der Waals surface area contributed by atoms with Crippen LogP contribution in [0.4, 0.5) is 4.79 Å². The Bertz CT molecular complexity index is 597. The van der Waals surface area contributed by atoms with Gasteiger partial charge in [-0.3, -0.25) is 4.90 Å². The fourth-order valence-corrected chi connectivity index (χ4v) is 3.04. The minimum atomic E-state index is -0.996. The number of aliphatic carboxylic acids is 1. The van der Waals surface area contributed by atoms with Gasteiger partial charge in [0.15, 0.2) is 0 Å². The molecule has 1 fully saturated rings. The summed E-state index contributed by atoms with van der Waals surface area (Å²) in [6, 6.07) is 6.65. The molecule has 0 aromatic heterocycles. The van der Waals surface area contributed by atoms with E-state index in [2.05, 4.69) is 0 Å². The van der Waals surface area contributed by atoms with E-state index in [-0.39, 0.29) is 5.92 Å². The Hall–Kier alpha value is -1.75. The van der Waals surface area contributed by atoms with E-state index in [1.165, 1.54) is 4.90 Å². The molecule has 1 N–H and O–H groups in total. The van der Waals surface area contributed by atoms with Crippen LogP contribution in [0.1, 0.15) is 32.8 Å². The van der Waals surface area contributed by atoms with Crippen molar-refractivity contribution in [2.45, 2.75) is 45.3 Å². The zero-order chi connectivity index (χ0) is 17.2. The summed E-state index contributed by atoms with van der Waals surface area (Å²) in [6.07, 6.45) is 0.531. The molecule has 2 atom stereocenters. The molecule has 6 heteroatoms. The van der Waals surface area contributed by atoms with Crippen molar-refractivity contribution in [3.05, 3.63) is 34.9 Å². The van der Waals surface area contributed by atoms with E-state index in [4.69, 9.17) is 16.3 Å². The van der Waals surface area contributed by atoms with E-state index in [9.17, 15) is 14.7 Å². The lowest BCUT2D eigenvalue weighted by molar-refractivity contribution is -0.142. The van der Waals surface area contributed by atoms with Gasteiger partial charge in [0.2, 0.25) is 0 Å². The van der Waals surface area contributed by atoms with Gasteiger partial charge in [0.05, 0.1) is 0 Å². The highest BCUT2D eigenvalue weighted by molar-refractivity contribution is 6.30. The zero-order valence-corrected chi connectivity index (χ0v) is 14.3. The van der Waals surface area contributed by atoms with Gasteiger partial charge in [0, 0.05) is 11.6 Å². The van der Waals surface area contributed by atoms with Crippen molar-refractivity contribution in [3.8, 4) is 0 Å². The molecule has 1 aromatic carbocycles. The maximum Gasteiger partial charge on any atom is 0.411 e. The summed E-state index contributed by atoms with van der Waals surface area (Å²) in [5.41, 5.74) is 0.392. The summed E-state index contributed by atoms with van der Waals surface area (Å²) in [6.45, 7) is 5.67. The summed E-state index contributed by atoms with van der Waals surface area (Å²) in [5.74, 6) is -0.925. The van der Waals surface area contributed by atoms with Crippen LogP contribution in [0.5, 0.6) is 0 Å². The molecular weight excluding hydrogens is 318 g/mol. The Morgan fingerprint density at radius 2 is 2.09 bits per heavy atom. The van der Waals surface area contributed by atoms with Crippen molar-refractivity contribution in [3.63, 3.8) is 0 Å². The molecule has 0 spiro atoms. The SMILES string of the molecule is CC(C)(C)OC(=O)N1CC(Cc2cccc(Cl)c2)C[C@@H]1C(=O)O. The van der Waals surface area contributed by atoms with Gasteiger partial charge in [0.1, 0.15) is 11.6 Å². The van der Waals surface area contributed by atoms with Crippen LogP contribution in [-0.4, -0.2) is 40.3 Å². The molecule has 1 amide bonds. The van der Waals surface area contributed by atoms with E-state index in [0.29, 0.717) is 24.4 Å². The van der Waals surface area contributed by atoms with Crippen LogP contribution in [0.15, 0.2) is 24.3 Å². The number of likely N-dealkylation sites (tertiary alicyclic amines) is 1. The molecule has 23 heavy (non-hydrogen) atoms. The van der Waals surface area contributed by atoms with Crippen LogP contribution in [0.3, 0.4) is 0 Å². The lowest BCUT2D eigenvalue weighted by atomic mass is 9.97. The van der Waals surface area contributed by atoms with Crippen LogP contribution in [0.2, 0.25) is 5.02 Å². The molecule has 1 aliphatic rings. The maximum absolute atomic E-state index is 12.2. The summed E-state index contributed by atoms with van der Waals surface area (Å²) in [7, 11) is 0. The molecule has 1 saturated heterocycles. The van der Waals surface area contributed by atoms with Gasteiger partial charge in [-0.05, 0) is 57.2 Å². The lowest BCUT2D eigenvalue weighted by Gasteiger charge is -2.26. The quantitative estimate of drug-likeness (QED) is 0.913. The Morgan fingerprint density at radius 3 is 2.65 bits per heavy atom. The lowest BCUT2D eigenvalue weighted by Crippen LogP contribution is -2.43. The number of hydrogen-bond donors (Lipinski definition) is 1. The van der Waals surface area contributed by atoms with E-state index in [1.54, 1.807) is 26.8 Å². The molecule has 1 aliphatic heterocycles. The summed E-state index contributed by atoms with van der Waals surface area (Å²) < 4.78 is 5.32. The summed E-state index contributed by atoms with van der Waals surface area (Å²) >= 11 is 5.98. The molecule has 2 rings (SSSR count). The van der Waals surface area contributed by atoms with Crippen molar-refractivity contribution in [1.29, 1.82) is 0 Å². The van der Waals surface area contributed by atoms with E-state index in [1.807, 2.05) is 18.2 Å². The third-order valence-electron chi connectivity index (χ3n) is 3.71. The van der Waals surface area contributed by atoms with Gasteiger partial charge in [-0.25, -0.2) is 9.59 Å². The van der Waals surface area contributed by atoms with Gasteiger partial charge in [-0.1, -0.05) is 23.7 Å². The van der Waals surface area contributed by atoms with Gasteiger partial charge in [-0.15, -0.1) is 0 Å². The molecule has 126 valence electrons. The van der Waals surface area contributed by atoms with Gasteiger partial charge >= 0.3 is 12.1 Å². The smallest absolute Gasteiger partial charge is 0.411 e. The number of hydrogen-bond acceptors (Lipinski definition) is 3. The highest BCUT2D eigenvalue weighted by Gasteiger charge is 2.41. The Morgan fingerprint density at radius 1 is 1.39 bits per heavy atom. The largest absolute Gasteiger partial charge is 0.480 e. The summed E-state index contributed by atoms with van der Waals surface area (Å²) in [4.78, 5) is 25.0. The number of carboxylic acids is 1. The number of halogens is 1. The number of benzene rings is 1. The first-order chi connectivity index (χ1) is 10.7. The zero-order valence-electron chi connectivity index (χ0n) is 13.6. The number of carboxylic acid groups (broad SMARTS) is 1. The molecule has 1 aromatic rings. The monoisotopic (exact) mass is 339 g/mol. The van der Waals surface area contributed by atoms with Crippen LogP contribution in [0.25, 0.3) is 0 Å². The van der Waals surface area contributed by atoms with Crippen LogP contribution >= 0.6 is 11.6 Å². The van der Waals surface area contributed by atoms with Gasteiger partial charge < -0.3 is 9.84 Å². The number of amides is 1. The van der Waals surface area contributed by atoms with E-state index >= 15 is 0 Å². The number of nitrogens with zero attached hydrogens (tertiary/aromatic N) is 1. The summed E-state index contributed by atoms with van der Waals surface area (Å²) in [5, 5.41) is 10.0. The topological polar surface area (TPSA) is 66.8 Å².